The topological polar surface area (TPSA) is 9.23 Å². The minimum Gasteiger partial charge on any atom is -0.313 e. The quantitative estimate of drug-likeness (QED) is 0.469. The van der Waals surface area contributed by atoms with Gasteiger partial charge in [-0.2, -0.15) is 8.78 Å². The van der Waals surface area contributed by atoms with Gasteiger partial charge in [-0.05, 0) is 75.0 Å². The molecule has 2 fully saturated rings. The Kier molecular flexibility index (Phi) is 6.53. The Bertz CT molecular complexity index is 660. The fraction of sp³-hybridized carbons (Fsp3) is 0.652. The summed E-state index contributed by atoms with van der Waals surface area (Å²) in [5.41, 5.74) is 0.713. The Morgan fingerprint density at radius 1 is 0.964 bits per heavy atom. The third-order valence-electron chi connectivity index (χ3n) is 6.53. The predicted octanol–water partition coefficient (Wildman–Crippen LogP) is 7.42. The smallest absolute Gasteiger partial charge is 0.313 e. The van der Waals surface area contributed by atoms with E-state index in [1.807, 2.05) is 19.1 Å². The van der Waals surface area contributed by atoms with Crippen LogP contribution in [0.4, 0.5) is 17.6 Å². The van der Waals surface area contributed by atoms with Crippen molar-refractivity contribution in [1.29, 1.82) is 0 Å². The summed E-state index contributed by atoms with van der Waals surface area (Å²) in [6, 6.07) is 6.08. The van der Waals surface area contributed by atoms with Crippen molar-refractivity contribution in [1.82, 2.24) is 0 Å². The lowest BCUT2D eigenvalue weighted by Crippen LogP contribution is -2.38. The molecule has 3 rings (SSSR count). The van der Waals surface area contributed by atoms with Gasteiger partial charge in [0.05, 0.1) is 11.7 Å². The van der Waals surface area contributed by atoms with Crippen molar-refractivity contribution in [3.63, 3.8) is 0 Å². The fourth-order valence-corrected chi connectivity index (χ4v) is 4.67. The van der Waals surface area contributed by atoms with Crippen LogP contribution in [0.25, 0.3) is 6.08 Å². The number of ether oxygens (including phenoxy) is 1. The van der Waals surface area contributed by atoms with E-state index in [2.05, 4.69) is 0 Å². The van der Waals surface area contributed by atoms with Gasteiger partial charge in [-0.25, -0.2) is 8.78 Å². The highest BCUT2D eigenvalue weighted by Gasteiger charge is 2.45. The van der Waals surface area contributed by atoms with Gasteiger partial charge < -0.3 is 4.74 Å². The second-order valence-electron chi connectivity index (χ2n) is 8.50. The van der Waals surface area contributed by atoms with Gasteiger partial charge in [-0.1, -0.05) is 31.2 Å². The highest BCUT2D eigenvalue weighted by molar-refractivity contribution is 5.49. The molecule has 2 atom stereocenters. The molecule has 1 aromatic rings. The Morgan fingerprint density at radius 2 is 1.57 bits per heavy atom. The van der Waals surface area contributed by atoms with Crippen LogP contribution in [0.5, 0.6) is 0 Å². The van der Waals surface area contributed by atoms with Crippen LogP contribution in [0.3, 0.4) is 0 Å². The largest absolute Gasteiger partial charge is 0.383 e. The molecule has 2 saturated carbocycles. The van der Waals surface area contributed by atoms with Crippen molar-refractivity contribution in [2.75, 3.05) is 0 Å². The zero-order valence-corrected chi connectivity index (χ0v) is 16.6. The summed E-state index contributed by atoms with van der Waals surface area (Å²) in [4.78, 5) is 0. The monoisotopic (exact) mass is 398 g/mol. The number of rotatable bonds is 5. The molecule has 5 heteroatoms. The summed E-state index contributed by atoms with van der Waals surface area (Å²) in [6.45, 7) is 3.49. The van der Waals surface area contributed by atoms with Crippen molar-refractivity contribution in [3.8, 4) is 0 Å². The van der Waals surface area contributed by atoms with E-state index in [-0.39, 0.29) is 23.8 Å². The lowest BCUT2D eigenvalue weighted by atomic mass is 9.69. The maximum Gasteiger partial charge on any atom is 0.383 e. The van der Waals surface area contributed by atoms with Crippen molar-refractivity contribution < 1.29 is 22.3 Å². The van der Waals surface area contributed by atoms with E-state index in [1.54, 1.807) is 19.1 Å². The third kappa shape index (κ3) is 4.97. The summed E-state index contributed by atoms with van der Waals surface area (Å²) >= 11 is 0. The third-order valence-corrected chi connectivity index (χ3v) is 6.53. The van der Waals surface area contributed by atoms with Gasteiger partial charge in [0.25, 0.3) is 5.92 Å². The number of halogens is 4. The van der Waals surface area contributed by atoms with Gasteiger partial charge in [0.15, 0.2) is 0 Å². The summed E-state index contributed by atoms with van der Waals surface area (Å²) in [5.74, 6) is -2.94. The number of alkyl halides is 4. The van der Waals surface area contributed by atoms with Crippen molar-refractivity contribution >= 4 is 6.08 Å². The minimum absolute atomic E-state index is 0.00632. The van der Waals surface area contributed by atoms with Crippen molar-refractivity contribution in [3.05, 3.63) is 41.5 Å². The summed E-state index contributed by atoms with van der Waals surface area (Å²) < 4.78 is 62.3. The average Bonchev–Trinajstić information content (AvgIpc) is 2.65. The molecule has 156 valence electrons. The van der Waals surface area contributed by atoms with Crippen LogP contribution in [-0.4, -0.2) is 12.0 Å². The standard InChI is InChI=1S/C23H30F4O/c1-3-4-17-6-11-20(12-7-17)23(26,27)28-21-13-9-18(10-14-21)19-8-5-16(2)22(24,25)15-19/h3-4,6-7,11-12,16,18-19,21H,5,8-10,13-15H2,1-2H3/b4-3+. The molecule has 0 bridgehead atoms. The first-order valence-corrected chi connectivity index (χ1v) is 10.4. The van der Waals surface area contributed by atoms with Gasteiger partial charge in [0.2, 0.25) is 0 Å². The summed E-state index contributed by atoms with van der Waals surface area (Å²) in [6.07, 6.45) is 3.55. The fourth-order valence-electron chi connectivity index (χ4n) is 4.67. The van der Waals surface area contributed by atoms with Crippen LogP contribution in [0.2, 0.25) is 0 Å². The first-order chi connectivity index (χ1) is 13.2. The van der Waals surface area contributed by atoms with Crippen LogP contribution < -0.4 is 0 Å². The maximum absolute atomic E-state index is 14.5. The average molecular weight is 398 g/mol. The highest BCUT2D eigenvalue weighted by atomic mass is 19.3. The van der Waals surface area contributed by atoms with E-state index in [1.165, 1.54) is 12.1 Å². The molecule has 0 amide bonds. The van der Waals surface area contributed by atoms with Gasteiger partial charge in [-0.3, -0.25) is 0 Å². The molecule has 1 aromatic carbocycles. The lowest BCUT2D eigenvalue weighted by Gasteiger charge is -2.40. The highest BCUT2D eigenvalue weighted by Crippen LogP contribution is 2.47. The van der Waals surface area contributed by atoms with Crippen LogP contribution in [0.1, 0.15) is 69.9 Å². The van der Waals surface area contributed by atoms with Gasteiger partial charge >= 0.3 is 6.11 Å². The molecule has 0 saturated heterocycles. The molecule has 2 aliphatic rings. The Morgan fingerprint density at radius 3 is 2.14 bits per heavy atom. The number of hydrogen-bond donors (Lipinski definition) is 0. The van der Waals surface area contributed by atoms with Crippen LogP contribution in [0, 0.1) is 17.8 Å². The molecule has 0 aliphatic heterocycles. The summed E-state index contributed by atoms with van der Waals surface area (Å²) in [5, 5.41) is 0. The van der Waals surface area contributed by atoms with Crippen molar-refractivity contribution in [2.24, 2.45) is 17.8 Å². The Balaban J connectivity index is 1.53. The zero-order chi connectivity index (χ0) is 20.4. The lowest BCUT2D eigenvalue weighted by molar-refractivity contribution is -0.278. The first-order valence-electron chi connectivity index (χ1n) is 10.4. The molecule has 2 unspecified atom stereocenters. The van der Waals surface area contributed by atoms with Gasteiger partial charge in [0, 0.05) is 12.3 Å². The molecule has 1 nitrogen and oxygen atoms in total. The molecule has 0 radical (unpaired) electrons. The maximum atomic E-state index is 14.5. The Labute approximate surface area is 165 Å². The number of benzene rings is 1. The second kappa shape index (κ2) is 8.56. The van der Waals surface area contributed by atoms with E-state index in [9.17, 15) is 17.6 Å². The first kappa shape index (κ1) is 21.4. The van der Waals surface area contributed by atoms with Gasteiger partial charge in [0.1, 0.15) is 0 Å². The molecular weight excluding hydrogens is 368 g/mol. The molecule has 0 N–H and O–H groups in total. The Hall–Kier alpha value is -1.36. The number of hydrogen-bond acceptors (Lipinski definition) is 1. The van der Waals surface area contributed by atoms with E-state index >= 15 is 0 Å². The van der Waals surface area contributed by atoms with Crippen LogP contribution in [0.15, 0.2) is 30.3 Å². The van der Waals surface area contributed by atoms with E-state index in [0.29, 0.717) is 32.1 Å². The minimum atomic E-state index is -3.33. The molecular formula is C23H30F4O. The number of allylic oxidation sites excluding steroid dienone is 1. The molecule has 2 aliphatic carbocycles. The molecule has 0 heterocycles. The van der Waals surface area contributed by atoms with Crippen molar-refractivity contribution in [2.45, 2.75) is 76.9 Å². The van der Waals surface area contributed by atoms with E-state index in [4.69, 9.17) is 4.74 Å². The van der Waals surface area contributed by atoms with Crippen LogP contribution >= 0.6 is 0 Å². The predicted molar refractivity (Wildman–Crippen MR) is 103 cm³/mol. The van der Waals surface area contributed by atoms with E-state index < -0.39 is 24.1 Å². The molecule has 0 spiro atoms. The molecule has 28 heavy (non-hydrogen) atoms. The normalized spacial score (nSPS) is 31.2. The second-order valence-corrected chi connectivity index (χ2v) is 8.50. The summed E-state index contributed by atoms with van der Waals surface area (Å²) in [7, 11) is 0. The molecule has 0 aromatic heterocycles. The van der Waals surface area contributed by atoms with Crippen LogP contribution in [-0.2, 0) is 10.8 Å². The zero-order valence-electron chi connectivity index (χ0n) is 16.6. The van der Waals surface area contributed by atoms with E-state index in [0.717, 1.165) is 12.0 Å². The van der Waals surface area contributed by atoms with Gasteiger partial charge in [-0.15, -0.1) is 0 Å². The SMILES string of the molecule is C/C=C/c1ccc(C(F)(F)OC2CCC(C3CCC(C)C(F)(F)C3)CC2)cc1.